The molecule has 8 nitrogen and oxygen atoms in total. The lowest BCUT2D eigenvalue weighted by Gasteiger charge is -2.26. The fourth-order valence-electron chi connectivity index (χ4n) is 3.09. The van der Waals surface area contributed by atoms with Crippen molar-refractivity contribution in [1.29, 1.82) is 0 Å². The summed E-state index contributed by atoms with van der Waals surface area (Å²) in [5.74, 6) is 0. The van der Waals surface area contributed by atoms with E-state index in [1.807, 2.05) is 19.0 Å². The Balaban J connectivity index is 2.26. The Morgan fingerprint density at radius 1 is 1.15 bits per heavy atom. The van der Waals surface area contributed by atoms with Crippen LogP contribution in [0, 0.1) is 10.1 Å². The lowest BCUT2D eigenvalue weighted by atomic mass is 10.1. The lowest BCUT2D eigenvalue weighted by molar-refractivity contribution is -0.856. The minimum Gasteiger partial charge on any atom is -0.366 e. The van der Waals surface area contributed by atoms with Gasteiger partial charge < -0.3 is 9.80 Å². The number of hydrogen-bond acceptors (Lipinski definition) is 5. The number of benzene rings is 1. The fraction of sp³-hybridized carbons (Fsp3) is 0.647. The predicted octanol–water partition coefficient (Wildman–Crippen LogP) is 0.788. The SMILES string of the molecule is C[NH+](C)CCNS(=O)(=O)c1ccc(N2CCCCCCC2)c([N+](=O)[O-])c1. The maximum atomic E-state index is 12.4. The molecule has 0 atom stereocenters. The molecule has 0 radical (unpaired) electrons. The number of nitro benzene ring substituents is 1. The van der Waals surface area contributed by atoms with E-state index in [1.165, 1.54) is 18.6 Å². The van der Waals surface area contributed by atoms with Crippen molar-refractivity contribution >= 4 is 21.4 Å². The van der Waals surface area contributed by atoms with Gasteiger partial charge in [-0.15, -0.1) is 0 Å². The first-order chi connectivity index (χ1) is 12.3. The first kappa shape index (κ1) is 20.6. The molecule has 2 N–H and O–H groups in total. The Labute approximate surface area is 155 Å². The van der Waals surface area contributed by atoms with Gasteiger partial charge in [0.15, 0.2) is 0 Å². The highest BCUT2D eigenvalue weighted by atomic mass is 32.2. The summed E-state index contributed by atoms with van der Waals surface area (Å²) in [4.78, 5) is 14.1. The van der Waals surface area contributed by atoms with Gasteiger partial charge in [0, 0.05) is 19.2 Å². The van der Waals surface area contributed by atoms with E-state index in [9.17, 15) is 18.5 Å². The molecule has 2 rings (SSSR count). The molecule has 0 saturated carbocycles. The molecule has 1 aliphatic heterocycles. The third kappa shape index (κ3) is 5.65. The van der Waals surface area contributed by atoms with Crippen LogP contribution in [0.15, 0.2) is 23.1 Å². The summed E-state index contributed by atoms with van der Waals surface area (Å²) >= 11 is 0. The summed E-state index contributed by atoms with van der Waals surface area (Å²) in [7, 11) is 0.0971. The molecule has 26 heavy (non-hydrogen) atoms. The summed E-state index contributed by atoms with van der Waals surface area (Å²) in [5, 5.41) is 11.6. The molecule has 0 aliphatic carbocycles. The first-order valence-corrected chi connectivity index (χ1v) is 10.6. The monoisotopic (exact) mass is 385 g/mol. The van der Waals surface area contributed by atoms with Gasteiger partial charge in [0.25, 0.3) is 5.69 Å². The van der Waals surface area contributed by atoms with Crippen molar-refractivity contribution in [2.45, 2.75) is 37.0 Å². The van der Waals surface area contributed by atoms with Crippen molar-refractivity contribution in [3.63, 3.8) is 0 Å². The number of hydrogen-bond donors (Lipinski definition) is 2. The number of nitrogens with zero attached hydrogens (tertiary/aromatic N) is 2. The standard InChI is InChI=1S/C17H28N4O4S/c1-19(2)13-10-18-26(24,25)15-8-9-16(17(14-15)21(22)23)20-11-6-4-3-5-7-12-20/h8-9,14,18H,3-7,10-13H2,1-2H3/p+1. The van der Waals surface area contributed by atoms with Crippen LogP contribution in [0.25, 0.3) is 0 Å². The molecule has 146 valence electrons. The average molecular weight is 386 g/mol. The maximum absolute atomic E-state index is 12.4. The molecule has 0 amide bonds. The van der Waals surface area contributed by atoms with Crippen molar-refractivity contribution in [1.82, 2.24) is 4.72 Å². The van der Waals surface area contributed by atoms with Gasteiger partial charge in [0.05, 0.1) is 37.0 Å². The molecule has 0 unspecified atom stereocenters. The Bertz CT molecular complexity index is 713. The first-order valence-electron chi connectivity index (χ1n) is 9.13. The zero-order valence-corrected chi connectivity index (χ0v) is 16.3. The molecule has 1 heterocycles. The van der Waals surface area contributed by atoms with Crippen LogP contribution in [-0.4, -0.2) is 53.6 Å². The highest BCUT2D eigenvalue weighted by Gasteiger charge is 2.24. The smallest absolute Gasteiger partial charge is 0.293 e. The van der Waals surface area contributed by atoms with Crippen LogP contribution in [0.4, 0.5) is 11.4 Å². The molecule has 0 aromatic heterocycles. The number of nitro groups is 1. The molecule has 9 heteroatoms. The summed E-state index contributed by atoms with van der Waals surface area (Å²) in [5.41, 5.74) is 0.361. The van der Waals surface area contributed by atoms with Gasteiger partial charge in [0.2, 0.25) is 10.0 Å². The van der Waals surface area contributed by atoms with Crippen LogP contribution in [-0.2, 0) is 10.0 Å². The van der Waals surface area contributed by atoms with E-state index < -0.39 is 14.9 Å². The van der Waals surface area contributed by atoms with Crippen LogP contribution < -0.4 is 14.5 Å². The van der Waals surface area contributed by atoms with E-state index in [4.69, 9.17) is 0 Å². The largest absolute Gasteiger partial charge is 0.366 e. The molecule has 0 bridgehead atoms. The summed E-state index contributed by atoms with van der Waals surface area (Å²) < 4.78 is 27.3. The van der Waals surface area contributed by atoms with Gasteiger partial charge in [-0.05, 0) is 25.0 Å². The van der Waals surface area contributed by atoms with Gasteiger partial charge in [0.1, 0.15) is 5.69 Å². The van der Waals surface area contributed by atoms with Crippen molar-refractivity contribution in [2.75, 3.05) is 45.2 Å². The number of likely N-dealkylation sites (N-methyl/N-ethyl adjacent to an activating group) is 1. The third-order valence-corrected chi connectivity index (χ3v) is 6.03. The van der Waals surface area contributed by atoms with E-state index in [2.05, 4.69) is 4.72 Å². The summed E-state index contributed by atoms with van der Waals surface area (Å²) in [6.07, 6.45) is 5.42. The Morgan fingerprint density at radius 3 is 2.35 bits per heavy atom. The normalized spacial score (nSPS) is 16.3. The second-order valence-electron chi connectivity index (χ2n) is 7.02. The average Bonchev–Trinajstić information content (AvgIpc) is 2.53. The lowest BCUT2D eigenvalue weighted by Crippen LogP contribution is -3.06. The van der Waals surface area contributed by atoms with E-state index in [0.717, 1.165) is 43.7 Å². The van der Waals surface area contributed by atoms with Crippen molar-refractivity contribution in [3.05, 3.63) is 28.3 Å². The highest BCUT2D eigenvalue weighted by Crippen LogP contribution is 2.32. The number of sulfonamides is 1. The Morgan fingerprint density at radius 2 is 1.77 bits per heavy atom. The zero-order valence-electron chi connectivity index (χ0n) is 15.5. The van der Waals surface area contributed by atoms with Crippen LogP contribution in [0.3, 0.4) is 0 Å². The number of quaternary nitrogens is 1. The second-order valence-corrected chi connectivity index (χ2v) is 8.78. The molecule has 1 aromatic carbocycles. The molecule has 1 fully saturated rings. The van der Waals surface area contributed by atoms with Crippen molar-refractivity contribution in [2.24, 2.45) is 0 Å². The van der Waals surface area contributed by atoms with E-state index in [1.54, 1.807) is 6.07 Å². The molecule has 0 spiro atoms. The Kier molecular flexibility index (Phi) is 7.36. The third-order valence-electron chi connectivity index (χ3n) is 4.57. The van der Waals surface area contributed by atoms with Gasteiger partial charge in [-0.2, -0.15) is 0 Å². The second kappa shape index (κ2) is 9.29. The summed E-state index contributed by atoms with van der Waals surface area (Å²) in [6, 6.07) is 4.22. The van der Waals surface area contributed by atoms with Gasteiger partial charge in [-0.3, -0.25) is 10.1 Å². The van der Waals surface area contributed by atoms with Crippen LogP contribution >= 0.6 is 0 Å². The molecular weight excluding hydrogens is 356 g/mol. The molecule has 1 aromatic rings. The predicted molar refractivity (Wildman–Crippen MR) is 101 cm³/mol. The van der Waals surface area contributed by atoms with E-state index in [-0.39, 0.29) is 17.1 Å². The van der Waals surface area contributed by atoms with Crippen LogP contribution in [0.5, 0.6) is 0 Å². The van der Waals surface area contributed by atoms with Gasteiger partial charge in [-0.25, -0.2) is 13.1 Å². The fourth-order valence-corrected chi connectivity index (χ4v) is 4.14. The van der Waals surface area contributed by atoms with E-state index >= 15 is 0 Å². The van der Waals surface area contributed by atoms with Crippen molar-refractivity contribution < 1.29 is 18.2 Å². The van der Waals surface area contributed by atoms with Crippen molar-refractivity contribution in [3.8, 4) is 0 Å². The minimum atomic E-state index is -3.76. The Hall–Kier alpha value is -1.71. The van der Waals surface area contributed by atoms with Gasteiger partial charge >= 0.3 is 0 Å². The minimum absolute atomic E-state index is 0.0613. The van der Waals surface area contributed by atoms with Crippen LogP contribution in [0.1, 0.15) is 32.1 Å². The molecular formula is C17H29N4O4S+. The van der Waals surface area contributed by atoms with E-state index in [0.29, 0.717) is 12.2 Å². The summed E-state index contributed by atoms with van der Waals surface area (Å²) in [6.45, 7) is 2.44. The maximum Gasteiger partial charge on any atom is 0.293 e. The number of anilines is 1. The van der Waals surface area contributed by atoms with Gasteiger partial charge in [-0.1, -0.05) is 19.3 Å². The highest BCUT2D eigenvalue weighted by molar-refractivity contribution is 7.89. The quantitative estimate of drug-likeness (QED) is 0.534. The number of nitrogens with one attached hydrogen (secondary N) is 2. The zero-order chi connectivity index (χ0) is 19.2. The molecule has 1 aliphatic rings. The topological polar surface area (TPSA) is 97.0 Å². The molecule has 1 saturated heterocycles. The van der Waals surface area contributed by atoms with Crippen LogP contribution in [0.2, 0.25) is 0 Å². The number of rotatable bonds is 7.